The first kappa shape index (κ1) is 18.2. The van der Waals surface area contributed by atoms with Crippen molar-refractivity contribution in [3.05, 3.63) is 23.8 Å². The van der Waals surface area contributed by atoms with Crippen molar-refractivity contribution >= 4 is 21.7 Å². The van der Waals surface area contributed by atoms with Crippen molar-refractivity contribution in [3.8, 4) is 0 Å². The number of hydrogen-bond donors (Lipinski definition) is 3. The third-order valence-electron chi connectivity index (χ3n) is 5.17. The van der Waals surface area contributed by atoms with E-state index in [-0.39, 0.29) is 22.5 Å². The van der Waals surface area contributed by atoms with E-state index < -0.39 is 16.0 Å². The van der Waals surface area contributed by atoms with Gasteiger partial charge in [0.05, 0.1) is 10.5 Å². The maximum atomic E-state index is 12.6. The summed E-state index contributed by atoms with van der Waals surface area (Å²) in [4.78, 5) is 11.6. The minimum atomic E-state index is -3.70. The van der Waals surface area contributed by atoms with Gasteiger partial charge in [-0.25, -0.2) is 17.9 Å². The van der Waals surface area contributed by atoms with E-state index in [2.05, 4.69) is 10.0 Å². The van der Waals surface area contributed by atoms with Crippen LogP contribution in [0.25, 0.3) is 0 Å². The molecule has 7 heteroatoms. The van der Waals surface area contributed by atoms with E-state index >= 15 is 0 Å². The minimum absolute atomic E-state index is 0.0124. The number of carboxylic acids is 1. The van der Waals surface area contributed by atoms with Crippen molar-refractivity contribution < 1.29 is 18.3 Å². The summed E-state index contributed by atoms with van der Waals surface area (Å²) >= 11 is 0. The fourth-order valence-electron chi connectivity index (χ4n) is 3.79. The lowest BCUT2D eigenvalue weighted by Crippen LogP contribution is -2.36. The summed E-state index contributed by atoms with van der Waals surface area (Å²) in [6, 6.07) is 4.56. The fourth-order valence-corrected chi connectivity index (χ4v) is 5.12. The second-order valence-electron chi connectivity index (χ2n) is 7.09. The van der Waals surface area contributed by atoms with Gasteiger partial charge in [-0.05, 0) is 43.9 Å². The van der Waals surface area contributed by atoms with Crippen molar-refractivity contribution in [2.24, 2.45) is 0 Å². The molecule has 2 saturated carbocycles. The Morgan fingerprint density at radius 3 is 2.20 bits per heavy atom. The van der Waals surface area contributed by atoms with Crippen LogP contribution in [0.3, 0.4) is 0 Å². The highest BCUT2D eigenvalue weighted by Gasteiger charge is 2.24. The predicted molar refractivity (Wildman–Crippen MR) is 96.5 cm³/mol. The monoisotopic (exact) mass is 366 g/mol. The number of carbonyl (C=O) groups is 1. The first-order chi connectivity index (χ1) is 12.0. The standard InChI is InChI=1S/C18H26N2O4S/c21-18(22)16-12-15(10-11-17(16)19-13-6-4-5-7-13)25(23,24)20-14-8-2-1-3-9-14/h10-14,19-20H,1-9H2,(H,21,22). The van der Waals surface area contributed by atoms with Crippen LogP contribution < -0.4 is 10.0 Å². The molecule has 0 spiro atoms. The van der Waals surface area contributed by atoms with Crippen molar-refractivity contribution in [1.29, 1.82) is 0 Å². The minimum Gasteiger partial charge on any atom is -0.478 e. The molecule has 2 aliphatic carbocycles. The third-order valence-corrected chi connectivity index (χ3v) is 6.69. The topological polar surface area (TPSA) is 95.5 Å². The lowest BCUT2D eigenvalue weighted by molar-refractivity contribution is 0.0697. The van der Waals surface area contributed by atoms with Crippen LogP contribution in [0, 0.1) is 0 Å². The van der Waals surface area contributed by atoms with E-state index in [0.29, 0.717) is 5.69 Å². The van der Waals surface area contributed by atoms with Gasteiger partial charge in [-0.15, -0.1) is 0 Å². The first-order valence-corrected chi connectivity index (χ1v) is 10.6. The van der Waals surface area contributed by atoms with Crippen LogP contribution in [0.1, 0.15) is 68.1 Å². The van der Waals surface area contributed by atoms with Crippen molar-refractivity contribution in [3.63, 3.8) is 0 Å². The van der Waals surface area contributed by atoms with Gasteiger partial charge in [0.25, 0.3) is 0 Å². The summed E-state index contributed by atoms with van der Waals surface area (Å²) in [6.07, 6.45) is 9.18. The van der Waals surface area contributed by atoms with E-state index in [9.17, 15) is 18.3 Å². The second kappa shape index (κ2) is 7.74. The van der Waals surface area contributed by atoms with Crippen LogP contribution in [-0.4, -0.2) is 31.6 Å². The Labute approximate surface area is 149 Å². The van der Waals surface area contributed by atoms with E-state index in [1.54, 1.807) is 6.07 Å². The highest BCUT2D eigenvalue weighted by molar-refractivity contribution is 7.89. The molecule has 0 aromatic heterocycles. The van der Waals surface area contributed by atoms with Crippen LogP contribution in [0.4, 0.5) is 5.69 Å². The number of rotatable bonds is 6. The Hall–Kier alpha value is -1.60. The predicted octanol–water partition coefficient (Wildman–Crippen LogP) is 3.35. The second-order valence-corrected chi connectivity index (χ2v) is 8.81. The highest BCUT2D eigenvalue weighted by Crippen LogP contribution is 2.27. The lowest BCUT2D eigenvalue weighted by Gasteiger charge is -2.23. The molecule has 0 radical (unpaired) electrons. The molecule has 0 heterocycles. The molecule has 2 fully saturated rings. The highest BCUT2D eigenvalue weighted by atomic mass is 32.2. The Balaban J connectivity index is 1.81. The molecule has 1 aromatic carbocycles. The Morgan fingerprint density at radius 1 is 0.960 bits per heavy atom. The fraction of sp³-hybridized carbons (Fsp3) is 0.611. The molecule has 0 unspecified atom stereocenters. The maximum absolute atomic E-state index is 12.6. The summed E-state index contributed by atoms with van der Waals surface area (Å²) < 4.78 is 27.9. The average molecular weight is 366 g/mol. The number of sulfonamides is 1. The van der Waals surface area contributed by atoms with Crippen LogP contribution in [0.2, 0.25) is 0 Å². The zero-order valence-corrected chi connectivity index (χ0v) is 15.1. The normalized spacial score (nSPS) is 19.8. The van der Waals surface area contributed by atoms with Crippen LogP contribution in [0.5, 0.6) is 0 Å². The van der Waals surface area contributed by atoms with Gasteiger partial charge in [0.1, 0.15) is 0 Å². The van der Waals surface area contributed by atoms with Gasteiger partial charge >= 0.3 is 5.97 Å². The molecule has 0 saturated heterocycles. The maximum Gasteiger partial charge on any atom is 0.337 e. The van der Waals surface area contributed by atoms with E-state index in [4.69, 9.17) is 0 Å². The summed E-state index contributed by atoms with van der Waals surface area (Å²) in [5, 5.41) is 12.8. The van der Waals surface area contributed by atoms with Gasteiger partial charge in [0.15, 0.2) is 0 Å². The summed E-state index contributed by atoms with van der Waals surface area (Å²) in [5.41, 5.74) is 0.509. The van der Waals surface area contributed by atoms with Gasteiger partial charge < -0.3 is 10.4 Å². The Bertz CT molecular complexity index is 721. The van der Waals surface area contributed by atoms with E-state index in [0.717, 1.165) is 57.8 Å². The number of hydrogen-bond acceptors (Lipinski definition) is 4. The van der Waals surface area contributed by atoms with Crippen LogP contribution >= 0.6 is 0 Å². The molecule has 3 rings (SSSR count). The van der Waals surface area contributed by atoms with Crippen molar-refractivity contribution in [1.82, 2.24) is 4.72 Å². The summed E-state index contributed by atoms with van der Waals surface area (Å²) in [7, 11) is -3.70. The van der Waals surface area contributed by atoms with E-state index in [1.165, 1.54) is 12.1 Å². The smallest absolute Gasteiger partial charge is 0.337 e. The van der Waals surface area contributed by atoms with Gasteiger partial charge in [0, 0.05) is 17.8 Å². The molecule has 0 aliphatic heterocycles. The zero-order valence-electron chi connectivity index (χ0n) is 14.3. The quantitative estimate of drug-likeness (QED) is 0.717. The summed E-state index contributed by atoms with van der Waals surface area (Å²) in [5.74, 6) is -1.12. The van der Waals surface area contributed by atoms with E-state index in [1.807, 2.05) is 0 Å². The Morgan fingerprint density at radius 2 is 1.56 bits per heavy atom. The molecule has 0 amide bonds. The molecule has 3 N–H and O–H groups in total. The number of anilines is 1. The van der Waals surface area contributed by atoms with Gasteiger partial charge in [-0.2, -0.15) is 0 Å². The summed E-state index contributed by atoms with van der Waals surface area (Å²) in [6.45, 7) is 0. The first-order valence-electron chi connectivity index (χ1n) is 9.12. The molecular weight excluding hydrogens is 340 g/mol. The number of benzene rings is 1. The number of nitrogens with one attached hydrogen (secondary N) is 2. The zero-order chi connectivity index (χ0) is 17.9. The molecular formula is C18H26N2O4S. The largest absolute Gasteiger partial charge is 0.478 e. The molecule has 0 atom stereocenters. The molecule has 0 bridgehead atoms. The third kappa shape index (κ3) is 4.52. The number of carboxylic acid groups (broad SMARTS) is 1. The van der Waals surface area contributed by atoms with Crippen molar-refractivity contribution in [2.45, 2.75) is 74.8 Å². The Kier molecular flexibility index (Phi) is 5.64. The van der Waals surface area contributed by atoms with Gasteiger partial charge in [-0.3, -0.25) is 0 Å². The van der Waals surface area contributed by atoms with Gasteiger partial charge in [0.2, 0.25) is 10.0 Å². The number of aromatic carboxylic acids is 1. The molecule has 2 aliphatic rings. The molecule has 1 aromatic rings. The average Bonchev–Trinajstić information content (AvgIpc) is 3.08. The molecule has 6 nitrogen and oxygen atoms in total. The lowest BCUT2D eigenvalue weighted by atomic mass is 9.96. The van der Waals surface area contributed by atoms with Crippen LogP contribution in [-0.2, 0) is 10.0 Å². The molecule has 138 valence electrons. The molecule has 25 heavy (non-hydrogen) atoms. The SMILES string of the molecule is O=C(O)c1cc(S(=O)(=O)NC2CCCCC2)ccc1NC1CCCC1. The van der Waals surface area contributed by atoms with Gasteiger partial charge in [-0.1, -0.05) is 32.1 Å². The van der Waals surface area contributed by atoms with Crippen molar-refractivity contribution in [2.75, 3.05) is 5.32 Å². The van der Waals surface area contributed by atoms with Crippen LogP contribution in [0.15, 0.2) is 23.1 Å².